The van der Waals surface area contributed by atoms with Gasteiger partial charge in [0.1, 0.15) is 5.75 Å². The Balaban J connectivity index is 1.32. The van der Waals surface area contributed by atoms with Gasteiger partial charge in [-0.15, -0.1) is 0 Å². The molecule has 1 saturated heterocycles. The normalized spacial score (nSPS) is 14.3. The minimum atomic E-state index is 0.0837. The van der Waals surface area contributed by atoms with Gasteiger partial charge in [0, 0.05) is 36.2 Å². The van der Waals surface area contributed by atoms with Gasteiger partial charge in [0.2, 0.25) is 0 Å². The van der Waals surface area contributed by atoms with Gasteiger partial charge in [0.25, 0.3) is 5.91 Å². The lowest BCUT2D eigenvalue weighted by Gasteiger charge is -2.34. The van der Waals surface area contributed by atoms with Crippen molar-refractivity contribution in [3.05, 3.63) is 52.5 Å². The maximum Gasteiger partial charge on any atom is 0.253 e. The molecule has 1 fully saturated rings. The lowest BCUT2D eigenvalue weighted by molar-refractivity contribution is 0.0746. The summed E-state index contributed by atoms with van der Waals surface area (Å²) < 4.78 is 7.99. The number of piperazine rings is 1. The van der Waals surface area contributed by atoms with Crippen molar-refractivity contribution in [3.8, 4) is 5.75 Å². The largest absolute Gasteiger partial charge is 0.494 e. The number of unbranched alkanes of at least 4 members (excludes halogenated alkanes) is 2. The maximum absolute atomic E-state index is 12.9. The first-order chi connectivity index (χ1) is 14.6. The number of hydrogen-bond donors (Lipinski definition) is 0. The first-order valence-electron chi connectivity index (χ1n) is 10.5. The van der Waals surface area contributed by atoms with E-state index in [1.807, 2.05) is 41.3 Å². The number of carbonyl (C=O) groups is 1. The quantitative estimate of drug-likeness (QED) is 0.407. The fourth-order valence-corrected chi connectivity index (χ4v) is 5.11. The van der Waals surface area contributed by atoms with Crippen LogP contribution in [0.2, 0.25) is 0 Å². The Morgan fingerprint density at radius 2 is 1.87 bits per heavy atom. The fourth-order valence-electron chi connectivity index (χ4n) is 3.54. The molecule has 0 radical (unpaired) electrons. The SMILES string of the molecule is CCCCCOc1ccc(C(=O)N2CCN(c3nc4ccc(Br)cc4s3)CC2)cc1. The Morgan fingerprint density at radius 3 is 2.60 bits per heavy atom. The van der Waals surface area contributed by atoms with Gasteiger partial charge in [-0.25, -0.2) is 4.98 Å². The van der Waals surface area contributed by atoms with Crippen molar-refractivity contribution in [1.82, 2.24) is 9.88 Å². The average molecular weight is 488 g/mol. The zero-order valence-corrected chi connectivity index (χ0v) is 19.5. The third-order valence-electron chi connectivity index (χ3n) is 5.29. The van der Waals surface area contributed by atoms with Gasteiger partial charge in [-0.1, -0.05) is 47.0 Å². The van der Waals surface area contributed by atoms with E-state index in [0.29, 0.717) is 18.7 Å². The molecule has 0 unspecified atom stereocenters. The zero-order valence-electron chi connectivity index (χ0n) is 17.1. The first-order valence-corrected chi connectivity index (χ1v) is 12.1. The Kier molecular flexibility index (Phi) is 6.89. The van der Waals surface area contributed by atoms with E-state index >= 15 is 0 Å². The van der Waals surface area contributed by atoms with Crippen LogP contribution in [0.1, 0.15) is 36.5 Å². The minimum Gasteiger partial charge on any atom is -0.494 e. The number of anilines is 1. The lowest BCUT2D eigenvalue weighted by Crippen LogP contribution is -2.48. The number of carbonyl (C=O) groups excluding carboxylic acids is 1. The molecular formula is C23H26BrN3O2S. The van der Waals surface area contributed by atoms with E-state index in [1.165, 1.54) is 17.5 Å². The highest BCUT2D eigenvalue weighted by Crippen LogP contribution is 2.31. The molecule has 0 aliphatic carbocycles. The molecule has 30 heavy (non-hydrogen) atoms. The first kappa shape index (κ1) is 21.1. The van der Waals surface area contributed by atoms with Crippen LogP contribution < -0.4 is 9.64 Å². The average Bonchev–Trinajstić information content (AvgIpc) is 3.20. The molecule has 1 aliphatic heterocycles. The Hall–Kier alpha value is -2.12. The van der Waals surface area contributed by atoms with Crippen LogP contribution in [0.5, 0.6) is 5.75 Å². The molecule has 158 valence electrons. The zero-order chi connectivity index (χ0) is 20.9. The van der Waals surface area contributed by atoms with E-state index in [4.69, 9.17) is 9.72 Å². The third kappa shape index (κ3) is 4.95. The summed E-state index contributed by atoms with van der Waals surface area (Å²) in [5.41, 5.74) is 1.74. The highest BCUT2D eigenvalue weighted by atomic mass is 79.9. The molecule has 7 heteroatoms. The molecule has 0 bridgehead atoms. The smallest absolute Gasteiger partial charge is 0.253 e. The monoisotopic (exact) mass is 487 g/mol. The van der Waals surface area contributed by atoms with Crippen LogP contribution >= 0.6 is 27.3 Å². The van der Waals surface area contributed by atoms with Crippen LogP contribution in [-0.2, 0) is 0 Å². The van der Waals surface area contributed by atoms with Gasteiger partial charge >= 0.3 is 0 Å². The molecule has 2 heterocycles. The van der Waals surface area contributed by atoms with Crippen molar-refractivity contribution in [1.29, 1.82) is 0 Å². The second-order valence-corrected chi connectivity index (χ2v) is 9.39. The summed E-state index contributed by atoms with van der Waals surface area (Å²) in [6.07, 6.45) is 3.42. The number of hydrogen-bond acceptors (Lipinski definition) is 5. The second-order valence-electron chi connectivity index (χ2n) is 7.47. The molecule has 1 aromatic heterocycles. The summed E-state index contributed by atoms with van der Waals surface area (Å²) in [5, 5.41) is 1.03. The molecular weight excluding hydrogens is 462 g/mol. The molecule has 1 aliphatic rings. The van der Waals surface area contributed by atoms with E-state index in [9.17, 15) is 4.79 Å². The van der Waals surface area contributed by atoms with Crippen molar-refractivity contribution in [2.24, 2.45) is 0 Å². The van der Waals surface area contributed by atoms with E-state index in [2.05, 4.69) is 33.8 Å². The van der Waals surface area contributed by atoms with Crippen molar-refractivity contribution < 1.29 is 9.53 Å². The number of aromatic nitrogens is 1. The Labute approximate surface area is 189 Å². The van der Waals surface area contributed by atoms with Crippen LogP contribution in [0.4, 0.5) is 5.13 Å². The predicted octanol–water partition coefficient (Wildman–Crippen LogP) is 5.59. The Bertz CT molecular complexity index is 997. The van der Waals surface area contributed by atoms with Crippen LogP contribution in [0.3, 0.4) is 0 Å². The minimum absolute atomic E-state index is 0.0837. The molecule has 0 N–H and O–H groups in total. The van der Waals surface area contributed by atoms with E-state index in [1.54, 1.807) is 11.3 Å². The molecule has 3 aromatic rings. The summed E-state index contributed by atoms with van der Waals surface area (Å²) >= 11 is 5.22. The van der Waals surface area contributed by atoms with Gasteiger partial charge < -0.3 is 14.5 Å². The number of fused-ring (bicyclic) bond motifs is 1. The maximum atomic E-state index is 12.9. The van der Waals surface area contributed by atoms with Gasteiger partial charge in [-0.3, -0.25) is 4.79 Å². The molecule has 5 nitrogen and oxygen atoms in total. The van der Waals surface area contributed by atoms with E-state index in [0.717, 1.165) is 47.0 Å². The number of thiazole rings is 1. The second kappa shape index (κ2) is 9.79. The van der Waals surface area contributed by atoms with E-state index in [-0.39, 0.29) is 5.91 Å². The van der Waals surface area contributed by atoms with E-state index < -0.39 is 0 Å². The van der Waals surface area contributed by atoms with Crippen molar-refractivity contribution in [2.75, 3.05) is 37.7 Å². The molecule has 0 spiro atoms. The summed E-state index contributed by atoms with van der Waals surface area (Å²) in [6, 6.07) is 13.7. The Morgan fingerprint density at radius 1 is 1.10 bits per heavy atom. The topological polar surface area (TPSA) is 45.7 Å². The number of benzene rings is 2. The van der Waals surface area contributed by atoms with Gasteiger partial charge in [-0.05, 0) is 48.9 Å². The number of amides is 1. The molecule has 0 atom stereocenters. The number of nitrogens with zero attached hydrogens (tertiary/aromatic N) is 3. The third-order valence-corrected chi connectivity index (χ3v) is 6.87. The van der Waals surface area contributed by atoms with Crippen LogP contribution in [0.15, 0.2) is 46.9 Å². The van der Waals surface area contributed by atoms with Crippen LogP contribution in [0.25, 0.3) is 10.2 Å². The summed E-state index contributed by atoms with van der Waals surface area (Å²) in [7, 11) is 0. The predicted molar refractivity (Wildman–Crippen MR) is 127 cm³/mol. The van der Waals surface area contributed by atoms with Crippen LogP contribution in [-0.4, -0.2) is 48.6 Å². The van der Waals surface area contributed by atoms with Crippen LogP contribution in [0, 0.1) is 0 Å². The summed E-state index contributed by atoms with van der Waals surface area (Å²) in [6.45, 7) is 5.91. The summed E-state index contributed by atoms with van der Waals surface area (Å²) in [5.74, 6) is 0.912. The molecule has 4 rings (SSSR count). The fraction of sp³-hybridized carbons (Fsp3) is 0.391. The number of halogens is 1. The van der Waals surface area contributed by atoms with Gasteiger partial charge in [-0.2, -0.15) is 0 Å². The standard InChI is InChI=1S/C23H26BrN3O2S/c1-2-3-4-15-29-19-8-5-17(6-9-19)22(28)26-11-13-27(14-12-26)23-25-20-10-7-18(24)16-21(20)30-23/h5-10,16H,2-4,11-15H2,1H3. The summed E-state index contributed by atoms with van der Waals surface area (Å²) in [4.78, 5) is 21.8. The number of ether oxygens (including phenoxy) is 1. The van der Waals surface area contributed by atoms with Crippen molar-refractivity contribution in [3.63, 3.8) is 0 Å². The highest BCUT2D eigenvalue weighted by molar-refractivity contribution is 9.10. The van der Waals surface area contributed by atoms with Gasteiger partial charge in [0.15, 0.2) is 5.13 Å². The number of rotatable bonds is 7. The molecule has 2 aromatic carbocycles. The molecule has 1 amide bonds. The van der Waals surface area contributed by atoms with Gasteiger partial charge in [0.05, 0.1) is 16.8 Å². The highest BCUT2D eigenvalue weighted by Gasteiger charge is 2.24. The lowest BCUT2D eigenvalue weighted by atomic mass is 10.1. The molecule has 0 saturated carbocycles. The van der Waals surface area contributed by atoms with Crippen molar-refractivity contribution >= 4 is 48.5 Å². The van der Waals surface area contributed by atoms with Crippen molar-refractivity contribution in [2.45, 2.75) is 26.2 Å².